The molecule has 0 saturated carbocycles. The highest BCUT2D eigenvalue weighted by Gasteiger charge is 1.16. The molecule has 0 spiro atoms. The van der Waals surface area contributed by atoms with Crippen LogP contribution in [0.3, 0.4) is 0 Å². The van der Waals surface area contributed by atoms with Crippen LogP contribution in [0.5, 0.6) is 0 Å². The van der Waals surface area contributed by atoms with Gasteiger partial charge in [-0.15, -0.1) is 0 Å². The van der Waals surface area contributed by atoms with Crippen LogP contribution in [0.25, 0.3) is 0 Å². The lowest BCUT2D eigenvalue weighted by molar-refractivity contribution is -0.207. The van der Waals surface area contributed by atoms with E-state index in [1.54, 1.807) is 0 Å². The lowest BCUT2D eigenvalue weighted by atomic mass is 11.5. The van der Waals surface area contributed by atoms with Gasteiger partial charge in [0.15, 0.2) is 0 Å². The Hall–Kier alpha value is -0.310. The summed E-state index contributed by atoms with van der Waals surface area (Å²) >= 11 is 3.65. The maximum atomic E-state index is 8.93. The Morgan fingerprint density at radius 3 is 2.00 bits per heavy atom. The van der Waals surface area contributed by atoms with Crippen LogP contribution in [-0.4, -0.2) is 5.23 Å². The van der Waals surface area contributed by atoms with Crippen molar-refractivity contribution in [3.63, 3.8) is 0 Å². The minimum Gasteiger partial charge on any atom is -0.879 e. The fraction of sp³-hybridized carbons (Fsp3) is 0. The second-order valence-electron chi connectivity index (χ2n) is 0.287. The summed E-state index contributed by atoms with van der Waals surface area (Å²) in [5.74, 6) is 0. The number of hydrogen-bond donors (Lipinski definition) is 1. The minimum atomic E-state index is -1.000. The fourth-order valence-corrected chi connectivity index (χ4v) is 0. The van der Waals surface area contributed by atoms with Crippen LogP contribution in [0, 0.1) is 5.41 Å². The Kier molecular flexibility index (Phi) is 0.979. The van der Waals surface area contributed by atoms with Gasteiger partial charge in [-0.3, -0.25) is 0 Å². The predicted molar refractivity (Wildman–Crippen MR) is 15.1 cm³/mol. The monoisotopic (exact) mass is 75.0 g/mol. The van der Waals surface area contributed by atoms with Crippen LogP contribution >= 0.6 is 0 Å². The molecule has 0 saturated heterocycles. The third-order valence-electron chi connectivity index (χ3n) is 0. The van der Waals surface area contributed by atoms with Crippen LogP contribution in [0.1, 0.15) is 0 Å². The van der Waals surface area contributed by atoms with Crippen molar-refractivity contribution in [2.45, 2.75) is 0 Å². The molecule has 0 heterocycles. The first-order valence-corrected chi connectivity index (χ1v) is 1.07. The Labute approximate surface area is 29.4 Å². The van der Waals surface area contributed by atoms with E-state index in [0.29, 0.717) is 0 Å². The van der Waals surface area contributed by atoms with Crippen LogP contribution in [-0.2, 0) is 12.6 Å². The Bertz CT molecular complexity index is 31.0. The van der Waals surface area contributed by atoms with Crippen molar-refractivity contribution in [2.75, 3.05) is 0 Å². The normalized spacial score (nSPS) is 6.00. The predicted octanol–water partition coefficient (Wildman–Crippen LogP) is -1.17. The molecule has 0 rings (SSSR count). The fourth-order valence-electron chi connectivity index (χ4n) is 0. The van der Waals surface area contributed by atoms with Crippen molar-refractivity contribution >= 4 is 17.9 Å². The molecule has 2 nitrogen and oxygen atoms in total. The van der Waals surface area contributed by atoms with Gasteiger partial charge >= 0.3 is 0 Å². The zero-order valence-electron chi connectivity index (χ0n) is 1.82. The van der Waals surface area contributed by atoms with Crippen LogP contribution in [0.2, 0.25) is 0 Å². The van der Waals surface area contributed by atoms with Gasteiger partial charge in [-0.05, 0) is 0 Å². The van der Waals surface area contributed by atoms with E-state index in [1.807, 2.05) is 0 Å². The molecule has 0 amide bonds. The highest BCUT2D eigenvalue weighted by Crippen LogP contribution is 1.30. The van der Waals surface area contributed by atoms with E-state index in [2.05, 4.69) is 12.6 Å². The van der Waals surface area contributed by atoms with Gasteiger partial charge in [0.1, 0.15) is 0 Å². The molecule has 0 aliphatic heterocycles. The average molecular weight is 75.1 g/mol. The van der Waals surface area contributed by atoms with Gasteiger partial charge in [-0.2, -0.15) is 5.23 Å². The molecule has 1 N–H and O–H groups in total. The molecule has 0 aromatic heterocycles. The second-order valence-corrected chi connectivity index (χ2v) is 0.658. The smallest absolute Gasteiger partial charge is 0.182 e. The maximum absolute atomic E-state index is 8.93. The Balaban J connectivity index is 2.80. The van der Waals surface area contributed by atoms with Crippen molar-refractivity contribution in [3.8, 4) is 0 Å². The molecule has 0 unspecified atom stereocenters. The minimum absolute atomic E-state index is 1.000. The molecule has 0 bridgehead atoms. The van der Waals surface area contributed by atoms with Gasteiger partial charge in [-0.25, -0.2) is 0 Å². The summed E-state index contributed by atoms with van der Waals surface area (Å²) in [7, 11) is 0. The Morgan fingerprint density at radius 1 is 2.00 bits per heavy atom. The highest BCUT2D eigenvalue weighted by atomic mass is 32.1. The summed E-state index contributed by atoms with van der Waals surface area (Å²) in [5, 5.41) is 13.7. The van der Waals surface area contributed by atoms with Gasteiger partial charge in [0, 0.05) is 0 Å². The number of rotatable bonds is 0. The molecule has 0 aliphatic carbocycles. The topological polar surface area (TPSA) is 46.9 Å². The summed E-state index contributed by atoms with van der Waals surface area (Å²) in [6.07, 6.45) is 0. The lowest BCUT2D eigenvalue weighted by Gasteiger charge is -2.07. The third-order valence-corrected chi connectivity index (χ3v) is 0. The average Bonchev–Trinajstić information content (AvgIpc) is 0.811. The molecule has 0 atom stereocenters. The van der Waals surface area contributed by atoms with E-state index in [4.69, 9.17) is 10.5 Å². The van der Waals surface area contributed by atoms with Crippen molar-refractivity contribution in [2.24, 2.45) is 0 Å². The molecule has 0 aromatic rings. The second kappa shape index (κ2) is 1.06. The van der Waals surface area contributed by atoms with E-state index in [0.717, 1.165) is 0 Å². The van der Waals surface area contributed by atoms with Crippen molar-refractivity contribution in [1.29, 1.82) is 5.41 Å². The van der Waals surface area contributed by atoms with Crippen molar-refractivity contribution in [1.82, 2.24) is 0 Å². The Morgan fingerprint density at radius 2 is 2.00 bits per heavy atom. The summed E-state index contributed by atoms with van der Waals surface area (Å²) in [4.78, 5) is 0. The summed E-state index contributed by atoms with van der Waals surface area (Å²) < 4.78 is 0. The van der Waals surface area contributed by atoms with E-state index >= 15 is 0 Å². The lowest BCUT2D eigenvalue weighted by Crippen LogP contribution is -2.09. The summed E-state index contributed by atoms with van der Waals surface area (Å²) in [6.45, 7) is 0. The SMILES string of the molecule is N=C([O-])[S-]. The van der Waals surface area contributed by atoms with Crippen LogP contribution in [0.15, 0.2) is 0 Å². The molecule has 0 fully saturated rings. The van der Waals surface area contributed by atoms with Crippen LogP contribution in [0.4, 0.5) is 0 Å². The first kappa shape index (κ1) is 3.69. The van der Waals surface area contributed by atoms with E-state index in [1.165, 1.54) is 0 Å². The number of hydrogen-bond acceptors (Lipinski definition) is 3. The van der Waals surface area contributed by atoms with Gasteiger partial charge in [-0.1, -0.05) is 0 Å². The summed E-state index contributed by atoms with van der Waals surface area (Å²) in [5.41, 5.74) is 0. The zero-order chi connectivity index (χ0) is 3.58. The standard InChI is InChI=1S/CH3NOS/c2-1(3)4/h(H3,2,3,4)/p-2. The van der Waals surface area contributed by atoms with E-state index < -0.39 is 5.23 Å². The van der Waals surface area contributed by atoms with Crippen molar-refractivity contribution in [3.05, 3.63) is 0 Å². The highest BCUT2D eigenvalue weighted by molar-refractivity contribution is 7.76. The maximum Gasteiger partial charge on any atom is -0.182 e. The zero-order valence-corrected chi connectivity index (χ0v) is 2.63. The molecule has 0 aliphatic rings. The molecular formula is CHNOS-2. The van der Waals surface area contributed by atoms with Gasteiger partial charge in [0.2, 0.25) is 0 Å². The molecular weight excluding hydrogens is 74.1 g/mol. The summed E-state index contributed by atoms with van der Waals surface area (Å²) in [6, 6.07) is 0. The largest absolute Gasteiger partial charge is 0.879 e. The van der Waals surface area contributed by atoms with Crippen molar-refractivity contribution < 1.29 is 5.11 Å². The van der Waals surface area contributed by atoms with E-state index in [9.17, 15) is 0 Å². The quantitative estimate of drug-likeness (QED) is 0.224. The van der Waals surface area contributed by atoms with Gasteiger partial charge < -0.3 is 23.1 Å². The molecule has 4 heavy (non-hydrogen) atoms. The number of nitrogens with one attached hydrogen (secondary N) is 1. The molecule has 0 radical (unpaired) electrons. The first-order chi connectivity index (χ1) is 1.73. The molecule has 24 valence electrons. The first-order valence-electron chi connectivity index (χ1n) is 0.658. The third kappa shape index (κ3) is 8.37. The van der Waals surface area contributed by atoms with Gasteiger partial charge in [0.05, 0.1) is 0 Å². The van der Waals surface area contributed by atoms with Crippen LogP contribution < -0.4 is 5.11 Å². The van der Waals surface area contributed by atoms with E-state index in [-0.39, 0.29) is 0 Å². The molecule has 3 heteroatoms. The molecule has 0 aromatic carbocycles. The van der Waals surface area contributed by atoms with Gasteiger partial charge in [0.25, 0.3) is 0 Å².